The number of nitrogens with one attached hydrogen (secondary N) is 1. The number of hydrogen-bond donors (Lipinski definition) is 1. The molecular weight excluding hydrogens is 360 g/mol. The minimum atomic E-state index is -0.205. The van der Waals surface area contributed by atoms with E-state index in [9.17, 15) is 4.79 Å². The number of methoxy groups -OCH3 is 1. The molecule has 6 heteroatoms. The van der Waals surface area contributed by atoms with E-state index in [0.717, 1.165) is 16.8 Å². The Hall–Kier alpha value is -2.86. The average molecular weight is 382 g/mol. The number of anilines is 1. The van der Waals surface area contributed by atoms with Crippen molar-refractivity contribution in [3.8, 4) is 11.5 Å². The van der Waals surface area contributed by atoms with Crippen LogP contribution in [0.4, 0.5) is 5.69 Å². The second kappa shape index (κ2) is 7.80. The van der Waals surface area contributed by atoms with Crippen molar-refractivity contribution in [1.82, 2.24) is 5.32 Å². The van der Waals surface area contributed by atoms with Crippen molar-refractivity contribution in [2.24, 2.45) is 0 Å². The lowest BCUT2D eigenvalue weighted by Gasteiger charge is -2.16. The molecule has 1 amide bonds. The van der Waals surface area contributed by atoms with Gasteiger partial charge in [-0.15, -0.1) is 0 Å². The predicted molar refractivity (Wildman–Crippen MR) is 111 cm³/mol. The van der Waals surface area contributed by atoms with Gasteiger partial charge in [0.15, 0.2) is 16.6 Å². The Morgan fingerprint density at radius 3 is 2.59 bits per heavy atom. The van der Waals surface area contributed by atoms with Crippen molar-refractivity contribution in [3.05, 3.63) is 59.3 Å². The van der Waals surface area contributed by atoms with Gasteiger partial charge in [-0.2, -0.15) is 0 Å². The number of benzene rings is 2. The van der Waals surface area contributed by atoms with Gasteiger partial charge in [-0.1, -0.05) is 24.3 Å². The third kappa shape index (κ3) is 3.95. The largest absolute Gasteiger partial charge is 0.493 e. The van der Waals surface area contributed by atoms with Crippen LogP contribution in [-0.4, -0.2) is 24.2 Å². The van der Waals surface area contributed by atoms with Gasteiger partial charge < -0.3 is 14.8 Å². The van der Waals surface area contributed by atoms with E-state index in [-0.39, 0.29) is 12.0 Å². The van der Waals surface area contributed by atoms with E-state index in [1.54, 1.807) is 13.2 Å². The molecule has 0 bridgehead atoms. The number of carbonyl (C=O) groups is 1. The molecule has 1 aliphatic heterocycles. The Labute approximate surface area is 164 Å². The quantitative estimate of drug-likeness (QED) is 0.624. The van der Waals surface area contributed by atoms with E-state index < -0.39 is 0 Å². The summed E-state index contributed by atoms with van der Waals surface area (Å²) in [6, 6.07) is 13.2. The first-order valence-corrected chi connectivity index (χ1v) is 9.09. The molecule has 0 atom stereocenters. The molecule has 1 fully saturated rings. The third-order valence-electron chi connectivity index (χ3n) is 4.02. The highest BCUT2D eigenvalue weighted by atomic mass is 32.1. The van der Waals surface area contributed by atoms with Crippen LogP contribution in [0.1, 0.15) is 25.0 Å². The molecular formula is C21H22N2O3S. The fourth-order valence-corrected chi connectivity index (χ4v) is 3.16. The molecule has 1 aliphatic rings. The molecule has 1 saturated heterocycles. The van der Waals surface area contributed by atoms with Crippen molar-refractivity contribution in [2.75, 3.05) is 12.0 Å². The fraction of sp³-hybridized carbons (Fsp3) is 0.238. The number of thiocarbonyl (C=S) groups is 1. The second-order valence-electron chi connectivity index (χ2n) is 6.51. The maximum absolute atomic E-state index is 13.0. The summed E-state index contributed by atoms with van der Waals surface area (Å²) >= 11 is 5.38. The molecule has 0 aromatic heterocycles. The molecule has 0 aliphatic carbocycles. The predicted octanol–water partition coefficient (Wildman–Crippen LogP) is 4.05. The molecule has 5 nitrogen and oxygen atoms in total. The summed E-state index contributed by atoms with van der Waals surface area (Å²) in [6.45, 7) is 5.86. The van der Waals surface area contributed by atoms with Crippen molar-refractivity contribution in [2.45, 2.75) is 26.9 Å². The smallest absolute Gasteiger partial charge is 0.281 e. The Kier molecular flexibility index (Phi) is 5.46. The summed E-state index contributed by atoms with van der Waals surface area (Å²) in [7, 11) is 1.59. The SMILES string of the molecule is COc1cccc(/C=C2\NC(=S)N(c3cccc(C)c3)C2=O)c1OC(C)C. The molecule has 2 aromatic rings. The summed E-state index contributed by atoms with van der Waals surface area (Å²) in [5, 5.41) is 3.36. The maximum atomic E-state index is 13.0. The summed E-state index contributed by atoms with van der Waals surface area (Å²) < 4.78 is 11.3. The minimum Gasteiger partial charge on any atom is -0.493 e. The normalized spacial score (nSPS) is 15.4. The first-order chi connectivity index (χ1) is 12.9. The summed E-state index contributed by atoms with van der Waals surface area (Å²) in [6.07, 6.45) is 1.71. The number of para-hydroxylation sites is 1. The Morgan fingerprint density at radius 1 is 1.19 bits per heavy atom. The van der Waals surface area contributed by atoms with Crippen LogP contribution in [0.15, 0.2) is 48.2 Å². The molecule has 1 N–H and O–H groups in total. The second-order valence-corrected chi connectivity index (χ2v) is 6.90. The highest BCUT2D eigenvalue weighted by Gasteiger charge is 2.32. The number of carbonyl (C=O) groups excluding carboxylic acids is 1. The van der Waals surface area contributed by atoms with Gasteiger partial charge >= 0.3 is 0 Å². The van der Waals surface area contributed by atoms with Crippen molar-refractivity contribution in [1.29, 1.82) is 0 Å². The van der Waals surface area contributed by atoms with Gasteiger partial charge in [0.25, 0.3) is 5.91 Å². The highest BCUT2D eigenvalue weighted by molar-refractivity contribution is 7.80. The van der Waals surface area contributed by atoms with Gasteiger partial charge in [0.2, 0.25) is 0 Å². The Morgan fingerprint density at radius 2 is 1.93 bits per heavy atom. The number of rotatable bonds is 5. The molecule has 27 heavy (non-hydrogen) atoms. The van der Waals surface area contributed by atoms with Gasteiger partial charge in [0, 0.05) is 5.56 Å². The molecule has 0 unspecified atom stereocenters. The van der Waals surface area contributed by atoms with E-state index in [1.165, 1.54) is 4.90 Å². The van der Waals surface area contributed by atoms with Gasteiger partial charge in [0.05, 0.1) is 18.9 Å². The molecule has 140 valence electrons. The van der Waals surface area contributed by atoms with Crippen LogP contribution in [-0.2, 0) is 4.79 Å². The van der Waals surface area contributed by atoms with Crippen molar-refractivity contribution >= 4 is 35.0 Å². The Bertz CT molecular complexity index is 921. The lowest BCUT2D eigenvalue weighted by Crippen LogP contribution is -2.30. The van der Waals surface area contributed by atoms with Gasteiger partial charge in [-0.25, -0.2) is 0 Å². The number of nitrogens with zero attached hydrogens (tertiary/aromatic N) is 1. The molecule has 0 saturated carbocycles. The number of hydrogen-bond acceptors (Lipinski definition) is 4. The van der Waals surface area contributed by atoms with Crippen molar-refractivity contribution in [3.63, 3.8) is 0 Å². The summed E-state index contributed by atoms with van der Waals surface area (Å²) in [5.74, 6) is 1.00. The Balaban J connectivity index is 1.99. The molecule has 2 aromatic carbocycles. The minimum absolute atomic E-state index is 0.0319. The van der Waals surface area contributed by atoms with E-state index in [4.69, 9.17) is 21.7 Å². The van der Waals surface area contributed by atoms with Crippen LogP contribution in [0.25, 0.3) is 6.08 Å². The van der Waals surface area contributed by atoms with Crippen LogP contribution < -0.4 is 19.7 Å². The first kappa shape index (κ1) is 18.9. The zero-order valence-electron chi connectivity index (χ0n) is 15.8. The number of ether oxygens (including phenoxy) is 2. The summed E-state index contributed by atoms with van der Waals surface area (Å²) in [4.78, 5) is 14.5. The van der Waals surface area contributed by atoms with Crippen LogP contribution >= 0.6 is 12.2 Å². The lowest BCUT2D eigenvalue weighted by atomic mass is 10.1. The van der Waals surface area contributed by atoms with E-state index in [2.05, 4.69) is 5.32 Å². The number of amides is 1. The van der Waals surface area contributed by atoms with Crippen LogP contribution in [0, 0.1) is 6.92 Å². The van der Waals surface area contributed by atoms with E-state index in [1.807, 2.05) is 63.2 Å². The molecule has 1 heterocycles. The zero-order valence-corrected chi connectivity index (χ0v) is 16.6. The fourth-order valence-electron chi connectivity index (χ4n) is 2.86. The lowest BCUT2D eigenvalue weighted by molar-refractivity contribution is -0.113. The number of aryl methyl sites for hydroxylation is 1. The average Bonchev–Trinajstić information content (AvgIpc) is 2.89. The molecule has 0 spiro atoms. The first-order valence-electron chi connectivity index (χ1n) is 8.68. The van der Waals surface area contributed by atoms with Crippen LogP contribution in [0.5, 0.6) is 11.5 Å². The van der Waals surface area contributed by atoms with Gasteiger partial charge in [0.1, 0.15) is 5.70 Å². The third-order valence-corrected chi connectivity index (χ3v) is 4.31. The van der Waals surface area contributed by atoms with Crippen molar-refractivity contribution < 1.29 is 14.3 Å². The van der Waals surface area contributed by atoms with Crippen LogP contribution in [0.3, 0.4) is 0 Å². The standard InChI is InChI=1S/C21H22N2O3S/c1-13(2)26-19-15(8-6-10-18(19)25-4)12-17-20(24)23(21(27)22-17)16-9-5-7-14(3)11-16/h5-13H,1-4H3,(H,22,27)/b17-12-. The molecule has 0 radical (unpaired) electrons. The van der Waals surface area contributed by atoms with Gasteiger partial charge in [-0.05, 0) is 62.8 Å². The van der Waals surface area contributed by atoms with E-state index >= 15 is 0 Å². The topological polar surface area (TPSA) is 50.8 Å². The van der Waals surface area contributed by atoms with E-state index in [0.29, 0.717) is 22.3 Å². The molecule has 3 rings (SSSR count). The zero-order chi connectivity index (χ0) is 19.6. The highest BCUT2D eigenvalue weighted by Crippen LogP contribution is 2.34. The maximum Gasteiger partial charge on any atom is 0.281 e. The monoisotopic (exact) mass is 382 g/mol. The van der Waals surface area contributed by atoms with Gasteiger partial charge in [-0.3, -0.25) is 9.69 Å². The van der Waals surface area contributed by atoms with Crippen LogP contribution in [0.2, 0.25) is 0 Å². The summed E-state index contributed by atoms with van der Waals surface area (Å²) in [5.41, 5.74) is 2.93.